The Balaban J connectivity index is 1.40. The Morgan fingerprint density at radius 2 is 2.07 bits per heavy atom. The summed E-state index contributed by atoms with van der Waals surface area (Å²) in [5.41, 5.74) is 5.68. The van der Waals surface area contributed by atoms with Crippen LogP contribution in [0.2, 0.25) is 0 Å². The second-order valence-corrected chi connectivity index (χ2v) is 8.58. The standard InChI is InChI=1S/C22H23N3OS/c26-22-18-6-1-2-7-19(18)23-21(24-22)16-5-3-4-15(12-16)13-25-10-8-20-17(14-25)9-11-27-20/h3-5,9,11-12H,1-2,6-8,10,13-14H2,(H,23,24,26). The van der Waals surface area contributed by atoms with Gasteiger partial charge in [0.25, 0.3) is 5.56 Å². The van der Waals surface area contributed by atoms with Crippen LogP contribution < -0.4 is 5.56 Å². The summed E-state index contributed by atoms with van der Waals surface area (Å²) in [6, 6.07) is 10.7. The zero-order valence-corrected chi connectivity index (χ0v) is 16.1. The Morgan fingerprint density at radius 1 is 1.15 bits per heavy atom. The van der Waals surface area contributed by atoms with Gasteiger partial charge in [0, 0.05) is 35.6 Å². The molecule has 2 aromatic heterocycles. The molecule has 0 bridgehead atoms. The van der Waals surface area contributed by atoms with Gasteiger partial charge in [-0.1, -0.05) is 18.2 Å². The summed E-state index contributed by atoms with van der Waals surface area (Å²) in [6.07, 6.45) is 5.14. The van der Waals surface area contributed by atoms with Gasteiger partial charge < -0.3 is 4.98 Å². The van der Waals surface area contributed by atoms with Crippen LogP contribution >= 0.6 is 11.3 Å². The molecule has 5 heteroatoms. The van der Waals surface area contributed by atoms with Crippen molar-refractivity contribution in [2.45, 2.75) is 45.2 Å². The van der Waals surface area contributed by atoms with Crippen LogP contribution in [0.25, 0.3) is 11.4 Å². The van der Waals surface area contributed by atoms with E-state index in [1.165, 1.54) is 16.0 Å². The van der Waals surface area contributed by atoms with E-state index in [0.29, 0.717) is 5.82 Å². The number of hydrogen-bond donors (Lipinski definition) is 1. The first-order valence-electron chi connectivity index (χ1n) is 9.75. The molecule has 1 aliphatic carbocycles. The van der Waals surface area contributed by atoms with E-state index in [2.05, 4.69) is 39.5 Å². The highest BCUT2D eigenvalue weighted by Crippen LogP contribution is 2.26. The minimum atomic E-state index is 0.0427. The van der Waals surface area contributed by atoms with E-state index in [4.69, 9.17) is 4.98 Å². The summed E-state index contributed by atoms with van der Waals surface area (Å²) in [7, 11) is 0. The summed E-state index contributed by atoms with van der Waals surface area (Å²) < 4.78 is 0. The summed E-state index contributed by atoms with van der Waals surface area (Å²) in [6.45, 7) is 3.06. The molecule has 0 saturated carbocycles. The SMILES string of the molecule is O=c1[nH]c(-c2cccc(CN3CCc4sccc4C3)c2)nc2c1CCCC2. The highest BCUT2D eigenvalue weighted by molar-refractivity contribution is 7.10. The monoisotopic (exact) mass is 377 g/mol. The second-order valence-electron chi connectivity index (χ2n) is 7.58. The molecule has 0 unspecified atom stereocenters. The first-order chi connectivity index (χ1) is 13.3. The van der Waals surface area contributed by atoms with Gasteiger partial charge in [0.2, 0.25) is 0 Å². The van der Waals surface area contributed by atoms with Crippen molar-refractivity contribution < 1.29 is 0 Å². The molecule has 2 aliphatic rings. The molecule has 0 spiro atoms. The normalized spacial score (nSPS) is 16.7. The van der Waals surface area contributed by atoms with Crippen LogP contribution in [0.4, 0.5) is 0 Å². The number of nitrogens with one attached hydrogen (secondary N) is 1. The van der Waals surface area contributed by atoms with Gasteiger partial charge in [-0.2, -0.15) is 0 Å². The largest absolute Gasteiger partial charge is 0.306 e. The molecule has 27 heavy (non-hydrogen) atoms. The number of thiophene rings is 1. The van der Waals surface area contributed by atoms with E-state index >= 15 is 0 Å². The first kappa shape index (κ1) is 16.9. The molecule has 1 N–H and O–H groups in total. The summed E-state index contributed by atoms with van der Waals surface area (Å²) in [5, 5.41) is 2.20. The van der Waals surface area contributed by atoms with Crippen molar-refractivity contribution >= 4 is 11.3 Å². The summed E-state index contributed by atoms with van der Waals surface area (Å²) >= 11 is 1.88. The van der Waals surface area contributed by atoms with Gasteiger partial charge in [-0.25, -0.2) is 4.98 Å². The van der Waals surface area contributed by atoms with Crippen molar-refractivity contribution in [1.82, 2.24) is 14.9 Å². The summed E-state index contributed by atoms with van der Waals surface area (Å²) in [4.78, 5) is 24.3. The molecule has 5 rings (SSSR count). The topological polar surface area (TPSA) is 49.0 Å². The van der Waals surface area contributed by atoms with Crippen molar-refractivity contribution in [3.05, 3.63) is 73.3 Å². The Morgan fingerprint density at radius 3 is 3.04 bits per heavy atom. The Labute approximate surface area is 162 Å². The van der Waals surface area contributed by atoms with E-state index in [-0.39, 0.29) is 5.56 Å². The quantitative estimate of drug-likeness (QED) is 0.752. The molecule has 3 aromatic rings. The van der Waals surface area contributed by atoms with Crippen molar-refractivity contribution in [3.8, 4) is 11.4 Å². The Kier molecular flexibility index (Phi) is 4.42. The fraction of sp³-hybridized carbons (Fsp3) is 0.364. The predicted molar refractivity (Wildman–Crippen MR) is 109 cm³/mol. The van der Waals surface area contributed by atoms with Crippen LogP contribution in [0.3, 0.4) is 0 Å². The maximum absolute atomic E-state index is 12.4. The fourth-order valence-corrected chi connectivity index (χ4v) is 5.15. The molecule has 0 atom stereocenters. The van der Waals surface area contributed by atoms with Gasteiger partial charge in [-0.15, -0.1) is 11.3 Å². The van der Waals surface area contributed by atoms with Gasteiger partial charge >= 0.3 is 0 Å². The van der Waals surface area contributed by atoms with Gasteiger partial charge in [0.15, 0.2) is 0 Å². The first-order valence-corrected chi connectivity index (χ1v) is 10.6. The van der Waals surface area contributed by atoms with Crippen molar-refractivity contribution in [2.75, 3.05) is 6.54 Å². The smallest absolute Gasteiger partial charge is 0.254 e. The number of fused-ring (bicyclic) bond motifs is 2. The maximum Gasteiger partial charge on any atom is 0.254 e. The number of aryl methyl sites for hydroxylation is 1. The number of aromatic nitrogens is 2. The van der Waals surface area contributed by atoms with E-state index in [1.54, 1.807) is 0 Å². The van der Waals surface area contributed by atoms with Crippen LogP contribution in [0.5, 0.6) is 0 Å². The third-order valence-electron chi connectivity index (χ3n) is 5.68. The Hall–Kier alpha value is -2.24. The number of hydrogen-bond acceptors (Lipinski definition) is 4. The van der Waals surface area contributed by atoms with E-state index in [9.17, 15) is 4.79 Å². The molecular weight excluding hydrogens is 354 g/mol. The minimum absolute atomic E-state index is 0.0427. The number of aromatic amines is 1. The van der Waals surface area contributed by atoms with Gasteiger partial charge in [-0.3, -0.25) is 9.69 Å². The van der Waals surface area contributed by atoms with Crippen LogP contribution in [-0.4, -0.2) is 21.4 Å². The number of nitrogens with zero attached hydrogens (tertiary/aromatic N) is 2. The molecule has 0 radical (unpaired) electrons. The molecule has 138 valence electrons. The van der Waals surface area contributed by atoms with E-state index < -0.39 is 0 Å². The average Bonchev–Trinajstić information content (AvgIpc) is 3.16. The van der Waals surface area contributed by atoms with Crippen LogP contribution in [-0.2, 0) is 32.4 Å². The lowest BCUT2D eigenvalue weighted by Crippen LogP contribution is -2.29. The maximum atomic E-state index is 12.4. The molecule has 1 aromatic carbocycles. The lowest BCUT2D eigenvalue weighted by Gasteiger charge is -2.27. The minimum Gasteiger partial charge on any atom is -0.306 e. The third-order valence-corrected chi connectivity index (χ3v) is 6.71. The molecule has 1 aliphatic heterocycles. The molecular formula is C22H23N3OS. The number of rotatable bonds is 3. The van der Waals surface area contributed by atoms with Crippen LogP contribution in [0.15, 0.2) is 40.5 Å². The second kappa shape index (κ2) is 7.06. The van der Waals surface area contributed by atoms with Crippen molar-refractivity contribution in [2.24, 2.45) is 0 Å². The van der Waals surface area contributed by atoms with Crippen molar-refractivity contribution in [1.29, 1.82) is 0 Å². The van der Waals surface area contributed by atoms with E-state index in [1.807, 2.05) is 17.4 Å². The zero-order valence-electron chi connectivity index (χ0n) is 15.3. The van der Waals surface area contributed by atoms with Gasteiger partial charge in [-0.05, 0) is 60.7 Å². The lowest BCUT2D eigenvalue weighted by atomic mass is 9.97. The number of benzene rings is 1. The van der Waals surface area contributed by atoms with E-state index in [0.717, 1.165) is 68.6 Å². The van der Waals surface area contributed by atoms with Crippen LogP contribution in [0, 0.1) is 0 Å². The molecule has 4 nitrogen and oxygen atoms in total. The zero-order chi connectivity index (χ0) is 18.2. The number of H-pyrrole nitrogens is 1. The highest BCUT2D eigenvalue weighted by atomic mass is 32.1. The molecule has 0 amide bonds. The Bertz CT molecular complexity index is 1040. The van der Waals surface area contributed by atoms with Crippen LogP contribution in [0.1, 0.15) is 40.1 Å². The van der Waals surface area contributed by atoms with Crippen molar-refractivity contribution in [3.63, 3.8) is 0 Å². The average molecular weight is 378 g/mol. The van der Waals surface area contributed by atoms with Gasteiger partial charge in [0.1, 0.15) is 5.82 Å². The highest BCUT2D eigenvalue weighted by Gasteiger charge is 2.18. The molecule has 0 saturated heterocycles. The predicted octanol–water partition coefficient (Wildman–Crippen LogP) is 3.94. The lowest BCUT2D eigenvalue weighted by molar-refractivity contribution is 0.247. The molecule has 3 heterocycles. The molecule has 0 fully saturated rings. The van der Waals surface area contributed by atoms with Gasteiger partial charge in [0.05, 0.1) is 5.69 Å². The third kappa shape index (κ3) is 3.37. The summed E-state index contributed by atoms with van der Waals surface area (Å²) in [5.74, 6) is 0.710. The fourth-order valence-electron chi connectivity index (χ4n) is 4.26.